The molecule has 2 aromatic carbocycles. The van der Waals surface area contributed by atoms with E-state index in [-0.39, 0.29) is 17.7 Å². The van der Waals surface area contributed by atoms with Crippen LogP contribution in [-0.2, 0) is 11.2 Å². The van der Waals surface area contributed by atoms with Gasteiger partial charge in [-0.3, -0.25) is 4.79 Å². The van der Waals surface area contributed by atoms with Crippen molar-refractivity contribution in [2.24, 2.45) is 11.8 Å². The largest absolute Gasteiger partial charge is 0.492 e. The first-order valence-electron chi connectivity index (χ1n) is 9.45. The van der Waals surface area contributed by atoms with Crippen LogP contribution in [0.2, 0.25) is 0 Å². The molecule has 4 nitrogen and oxygen atoms in total. The summed E-state index contributed by atoms with van der Waals surface area (Å²) in [5, 5.41) is 10.6. The summed E-state index contributed by atoms with van der Waals surface area (Å²) in [4.78, 5) is 14.8. The average Bonchev–Trinajstić information content (AvgIpc) is 2.73. The van der Waals surface area contributed by atoms with E-state index in [0.29, 0.717) is 19.7 Å². The molecule has 2 aliphatic heterocycles. The predicted molar refractivity (Wildman–Crippen MR) is 99.8 cm³/mol. The summed E-state index contributed by atoms with van der Waals surface area (Å²) >= 11 is 0. The predicted octanol–water partition coefficient (Wildman–Crippen LogP) is 3.21. The number of fused-ring (bicyclic) bond motifs is 1. The SMILES string of the molecule is O=C(C1COc2ccccc2C1)N1CCC(C(O)c2ccccc2)CC1. The monoisotopic (exact) mass is 351 g/mol. The van der Waals surface area contributed by atoms with Gasteiger partial charge in [-0.1, -0.05) is 48.5 Å². The summed E-state index contributed by atoms with van der Waals surface area (Å²) in [5.74, 6) is 1.21. The number of aliphatic hydroxyl groups is 1. The molecule has 136 valence electrons. The molecule has 2 aromatic rings. The Bertz CT molecular complexity index is 753. The van der Waals surface area contributed by atoms with Gasteiger partial charge in [0.15, 0.2) is 0 Å². The number of para-hydroxylation sites is 1. The van der Waals surface area contributed by atoms with E-state index in [1.165, 1.54) is 0 Å². The van der Waals surface area contributed by atoms with E-state index in [1.54, 1.807) is 0 Å². The Morgan fingerprint density at radius 3 is 2.50 bits per heavy atom. The van der Waals surface area contributed by atoms with Gasteiger partial charge >= 0.3 is 0 Å². The summed E-state index contributed by atoms with van der Waals surface area (Å²) in [7, 11) is 0. The van der Waals surface area contributed by atoms with Gasteiger partial charge in [-0.2, -0.15) is 0 Å². The number of hydrogen-bond donors (Lipinski definition) is 1. The van der Waals surface area contributed by atoms with E-state index < -0.39 is 6.10 Å². The zero-order chi connectivity index (χ0) is 17.9. The van der Waals surface area contributed by atoms with Gasteiger partial charge in [0.1, 0.15) is 12.4 Å². The smallest absolute Gasteiger partial charge is 0.229 e. The minimum Gasteiger partial charge on any atom is -0.492 e. The van der Waals surface area contributed by atoms with Crippen LogP contribution in [0.3, 0.4) is 0 Å². The van der Waals surface area contributed by atoms with E-state index >= 15 is 0 Å². The van der Waals surface area contributed by atoms with E-state index in [2.05, 4.69) is 0 Å². The number of benzene rings is 2. The first-order valence-corrected chi connectivity index (χ1v) is 9.45. The Morgan fingerprint density at radius 2 is 1.73 bits per heavy atom. The van der Waals surface area contributed by atoms with Crippen LogP contribution in [0, 0.1) is 11.8 Å². The lowest BCUT2D eigenvalue weighted by Gasteiger charge is -2.37. The molecule has 2 unspecified atom stereocenters. The highest BCUT2D eigenvalue weighted by atomic mass is 16.5. The third-order valence-corrected chi connectivity index (χ3v) is 5.67. The number of likely N-dealkylation sites (tertiary alicyclic amines) is 1. The average molecular weight is 351 g/mol. The summed E-state index contributed by atoms with van der Waals surface area (Å²) in [6, 6.07) is 17.8. The van der Waals surface area contributed by atoms with Crippen molar-refractivity contribution in [3.63, 3.8) is 0 Å². The van der Waals surface area contributed by atoms with Gasteiger partial charge in [-0.05, 0) is 42.4 Å². The van der Waals surface area contributed by atoms with Crippen LogP contribution in [0.15, 0.2) is 54.6 Å². The van der Waals surface area contributed by atoms with Crippen molar-refractivity contribution in [2.45, 2.75) is 25.4 Å². The Balaban J connectivity index is 1.34. The number of carbonyl (C=O) groups is 1. The highest BCUT2D eigenvalue weighted by Crippen LogP contribution is 2.32. The first kappa shape index (κ1) is 17.1. The molecular weight excluding hydrogens is 326 g/mol. The fourth-order valence-corrected chi connectivity index (χ4v) is 4.10. The number of carbonyl (C=O) groups excluding carboxylic acids is 1. The molecule has 1 fully saturated rings. The topological polar surface area (TPSA) is 49.8 Å². The first-order chi connectivity index (χ1) is 12.7. The number of aliphatic hydroxyl groups excluding tert-OH is 1. The summed E-state index contributed by atoms with van der Waals surface area (Å²) in [5.41, 5.74) is 2.08. The second-order valence-corrected chi connectivity index (χ2v) is 7.34. The highest BCUT2D eigenvalue weighted by Gasteiger charge is 2.33. The Labute approximate surface area is 154 Å². The van der Waals surface area contributed by atoms with E-state index in [0.717, 1.165) is 36.1 Å². The number of nitrogens with zero attached hydrogens (tertiary/aromatic N) is 1. The molecule has 0 saturated carbocycles. The second kappa shape index (κ2) is 7.50. The van der Waals surface area contributed by atoms with Crippen molar-refractivity contribution in [3.05, 3.63) is 65.7 Å². The molecule has 1 amide bonds. The second-order valence-electron chi connectivity index (χ2n) is 7.34. The fourth-order valence-electron chi connectivity index (χ4n) is 4.10. The number of ether oxygens (including phenoxy) is 1. The van der Waals surface area contributed by atoms with Crippen LogP contribution >= 0.6 is 0 Å². The van der Waals surface area contributed by atoms with Crippen LogP contribution in [0.1, 0.15) is 30.1 Å². The van der Waals surface area contributed by atoms with Gasteiger partial charge in [-0.15, -0.1) is 0 Å². The molecule has 4 rings (SSSR count). The number of piperidine rings is 1. The lowest BCUT2D eigenvalue weighted by atomic mass is 9.86. The highest BCUT2D eigenvalue weighted by molar-refractivity contribution is 5.80. The zero-order valence-corrected chi connectivity index (χ0v) is 14.9. The van der Waals surface area contributed by atoms with Crippen molar-refractivity contribution in [3.8, 4) is 5.75 Å². The summed E-state index contributed by atoms with van der Waals surface area (Å²) < 4.78 is 5.78. The van der Waals surface area contributed by atoms with Gasteiger partial charge in [0.25, 0.3) is 0 Å². The van der Waals surface area contributed by atoms with Crippen molar-refractivity contribution in [1.29, 1.82) is 0 Å². The maximum absolute atomic E-state index is 12.9. The number of hydrogen-bond acceptors (Lipinski definition) is 3. The molecule has 2 aliphatic rings. The quantitative estimate of drug-likeness (QED) is 0.924. The standard InChI is InChI=1S/C22H25NO3/c24-21(16-6-2-1-3-7-16)17-10-12-23(13-11-17)22(25)19-14-18-8-4-5-9-20(18)26-15-19/h1-9,17,19,21,24H,10-15H2. The fraction of sp³-hybridized carbons (Fsp3) is 0.409. The molecule has 1 saturated heterocycles. The third-order valence-electron chi connectivity index (χ3n) is 5.67. The molecule has 1 N–H and O–H groups in total. The molecule has 0 radical (unpaired) electrons. The van der Waals surface area contributed by atoms with Gasteiger partial charge in [0.2, 0.25) is 5.91 Å². The van der Waals surface area contributed by atoms with Gasteiger partial charge in [0.05, 0.1) is 12.0 Å². The molecule has 0 aliphatic carbocycles. The van der Waals surface area contributed by atoms with Gasteiger partial charge in [-0.25, -0.2) is 0 Å². The van der Waals surface area contributed by atoms with E-state index in [4.69, 9.17) is 4.74 Å². The summed E-state index contributed by atoms with van der Waals surface area (Å²) in [6.07, 6.45) is 1.98. The van der Waals surface area contributed by atoms with E-state index in [9.17, 15) is 9.90 Å². The van der Waals surface area contributed by atoms with Crippen LogP contribution < -0.4 is 4.74 Å². The molecular formula is C22H25NO3. The van der Waals surface area contributed by atoms with Crippen molar-refractivity contribution < 1.29 is 14.6 Å². The van der Waals surface area contributed by atoms with Crippen LogP contribution in [0.4, 0.5) is 0 Å². The van der Waals surface area contributed by atoms with Gasteiger partial charge in [0, 0.05) is 13.1 Å². The minimum atomic E-state index is -0.446. The maximum Gasteiger partial charge on any atom is 0.229 e. The minimum absolute atomic E-state index is 0.0968. The number of amides is 1. The number of rotatable bonds is 3. The third kappa shape index (κ3) is 3.47. The molecule has 0 aromatic heterocycles. The van der Waals surface area contributed by atoms with Crippen molar-refractivity contribution in [2.75, 3.05) is 19.7 Å². The van der Waals surface area contributed by atoms with Crippen molar-refractivity contribution >= 4 is 5.91 Å². The summed E-state index contributed by atoms with van der Waals surface area (Å²) in [6.45, 7) is 1.89. The molecule has 26 heavy (non-hydrogen) atoms. The van der Waals surface area contributed by atoms with E-state index in [1.807, 2.05) is 59.5 Å². The Kier molecular flexibility index (Phi) is 4.93. The molecule has 4 heteroatoms. The molecule has 0 bridgehead atoms. The lowest BCUT2D eigenvalue weighted by molar-refractivity contribution is -0.139. The molecule has 2 atom stereocenters. The van der Waals surface area contributed by atoms with Gasteiger partial charge < -0.3 is 14.7 Å². The van der Waals surface area contributed by atoms with Crippen molar-refractivity contribution in [1.82, 2.24) is 4.90 Å². The Hall–Kier alpha value is -2.33. The Morgan fingerprint density at radius 1 is 1.04 bits per heavy atom. The van der Waals surface area contributed by atoms with Crippen LogP contribution in [0.5, 0.6) is 5.75 Å². The molecule has 2 heterocycles. The van der Waals surface area contributed by atoms with Crippen LogP contribution in [-0.4, -0.2) is 35.6 Å². The maximum atomic E-state index is 12.9. The molecule has 0 spiro atoms. The lowest BCUT2D eigenvalue weighted by Crippen LogP contribution is -2.45. The normalized spacial score (nSPS) is 21.6. The van der Waals surface area contributed by atoms with Crippen LogP contribution in [0.25, 0.3) is 0 Å². The zero-order valence-electron chi connectivity index (χ0n) is 14.9.